The number of carbonyl (C=O) groups excluding carboxylic acids is 1. The van der Waals surface area contributed by atoms with Crippen LogP contribution in [-0.2, 0) is 9.31 Å². The Bertz CT molecular complexity index is 699. The van der Waals surface area contributed by atoms with Gasteiger partial charge in [-0.1, -0.05) is 13.0 Å². The molecule has 0 aromatic heterocycles. The summed E-state index contributed by atoms with van der Waals surface area (Å²) in [4.78, 5) is 14.3. The summed E-state index contributed by atoms with van der Waals surface area (Å²) in [7, 11) is -0.978. The van der Waals surface area contributed by atoms with Crippen molar-refractivity contribution in [2.75, 3.05) is 13.1 Å². The summed E-state index contributed by atoms with van der Waals surface area (Å²) in [5.74, 6) is -1.84. The van der Waals surface area contributed by atoms with Crippen LogP contribution in [0.25, 0.3) is 0 Å². The van der Waals surface area contributed by atoms with E-state index in [4.69, 9.17) is 9.31 Å². The highest BCUT2D eigenvalue weighted by atomic mass is 19.1. The van der Waals surface area contributed by atoms with Gasteiger partial charge in [0.2, 0.25) is 0 Å². The molecule has 1 aromatic carbocycles. The van der Waals surface area contributed by atoms with Crippen LogP contribution in [0.2, 0.25) is 0 Å². The van der Waals surface area contributed by atoms with Gasteiger partial charge in [-0.25, -0.2) is 8.78 Å². The van der Waals surface area contributed by atoms with Crippen molar-refractivity contribution in [2.45, 2.75) is 58.7 Å². The second-order valence-corrected chi connectivity index (χ2v) is 8.39. The van der Waals surface area contributed by atoms with Crippen LogP contribution in [0.4, 0.5) is 8.78 Å². The van der Waals surface area contributed by atoms with Crippen molar-refractivity contribution in [1.29, 1.82) is 0 Å². The topological polar surface area (TPSA) is 38.8 Å². The summed E-state index contributed by atoms with van der Waals surface area (Å²) in [6.45, 7) is 10.6. The summed E-state index contributed by atoms with van der Waals surface area (Å²) in [5.41, 5.74) is -1.76. The molecule has 1 amide bonds. The third-order valence-electron chi connectivity index (χ3n) is 5.91. The number of rotatable bonds is 2. The van der Waals surface area contributed by atoms with Crippen molar-refractivity contribution < 1.29 is 22.9 Å². The first-order chi connectivity index (χ1) is 12.0. The van der Waals surface area contributed by atoms with Crippen molar-refractivity contribution in [3.63, 3.8) is 0 Å². The molecule has 4 nitrogen and oxygen atoms in total. The summed E-state index contributed by atoms with van der Waals surface area (Å²) in [5, 5.41) is 0. The molecule has 0 bridgehead atoms. The molecular formula is C19H26BF2NO3. The Hall–Kier alpha value is -1.47. The van der Waals surface area contributed by atoms with E-state index in [1.54, 1.807) is 0 Å². The van der Waals surface area contributed by atoms with Gasteiger partial charge in [-0.2, -0.15) is 0 Å². The van der Waals surface area contributed by atoms with Gasteiger partial charge in [0.15, 0.2) is 0 Å². The summed E-state index contributed by atoms with van der Waals surface area (Å²) in [6, 6.07) is 2.41. The van der Waals surface area contributed by atoms with Gasteiger partial charge in [0.05, 0.1) is 11.2 Å². The average Bonchev–Trinajstić information content (AvgIpc) is 2.75. The molecule has 142 valence electrons. The van der Waals surface area contributed by atoms with Crippen LogP contribution in [0.15, 0.2) is 12.1 Å². The van der Waals surface area contributed by atoms with E-state index < -0.39 is 41.4 Å². The molecule has 0 spiro atoms. The molecule has 7 heteroatoms. The monoisotopic (exact) mass is 365 g/mol. The molecule has 0 unspecified atom stereocenters. The molecule has 2 fully saturated rings. The number of piperidine rings is 1. The number of benzene rings is 1. The third kappa shape index (κ3) is 3.27. The van der Waals surface area contributed by atoms with Crippen LogP contribution in [0.5, 0.6) is 0 Å². The maximum absolute atomic E-state index is 15.1. The Morgan fingerprint density at radius 3 is 2.19 bits per heavy atom. The number of carbonyl (C=O) groups is 1. The highest BCUT2D eigenvalue weighted by molar-refractivity contribution is 6.62. The molecule has 26 heavy (non-hydrogen) atoms. The number of halogens is 2. The average molecular weight is 365 g/mol. The molecule has 0 saturated carbocycles. The maximum Gasteiger partial charge on any atom is 0.497 e. The van der Waals surface area contributed by atoms with Crippen LogP contribution in [0, 0.1) is 17.6 Å². The molecule has 2 heterocycles. The first kappa shape index (κ1) is 19.3. The zero-order valence-electron chi connectivity index (χ0n) is 16.1. The third-order valence-corrected chi connectivity index (χ3v) is 5.91. The fourth-order valence-electron chi connectivity index (χ4n) is 3.29. The smallest absolute Gasteiger partial charge is 0.399 e. The minimum atomic E-state index is -0.978. The molecule has 2 aliphatic rings. The molecule has 2 aliphatic heterocycles. The van der Waals surface area contributed by atoms with Crippen molar-refractivity contribution in [2.24, 2.45) is 5.92 Å². The van der Waals surface area contributed by atoms with Crippen molar-refractivity contribution in [1.82, 2.24) is 4.90 Å². The Kier molecular flexibility index (Phi) is 4.90. The van der Waals surface area contributed by atoms with Crippen molar-refractivity contribution in [3.05, 3.63) is 29.3 Å². The molecule has 2 saturated heterocycles. The fraction of sp³-hybridized carbons (Fsp3) is 0.632. The van der Waals surface area contributed by atoms with E-state index in [2.05, 4.69) is 6.92 Å². The normalized spacial score (nSPS) is 22.7. The Balaban J connectivity index is 1.91. The summed E-state index contributed by atoms with van der Waals surface area (Å²) >= 11 is 0. The Morgan fingerprint density at radius 1 is 1.12 bits per heavy atom. The Labute approximate surface area is 154 Å². The summed E-state index contributed by atoms with van der Waals surface area (Å²) < 4.78 is 41.2. The standard InChI is InChI=1S/C19H26BF2NO3/c1-12-8-10-23(11-9-12)17(24)15-14(21)7-6-13(16(15)22)20-25-18(2,3)19(4,5)26-20/h6-7,12H,8-11H2,1-5H3. The second-order valence-electron chi connectivity index (χ2n) is 8.39. The highest BCUT2D eigenvalue weighted by Gasteiger charge is 2.52. The number of amides is 1. The van der Waals surface area contributed by atoms with Crippen LogP contribution in [0.3, 0.4) is 0 Å². The number of nitrogens with zero attached hydrogens (tertiary/aromatic N) is 1. The second kappa shape index (κ2) is 6.61. The van der Waals surface area contributed by atoms with Crippen LogP contribution >= 0.6 is 0 Å². The lowest BCUT2D eigenvalue weighted by Crippen LogP contribution is -2.42. The number of likely N-dealkylation sites (tertiary alicyclic amines) is 1. The van der Waals surface area contributed by atoms with E-state index in [-0.39, 0.29) is 5.46 Å². The zero-order chi connectivity index (χ0) is 19.3. The highest BCUT2D eigenvalue weighted by Crippen LogP contribution is 2.37. The first-order valence-corrected chi connectivity index (χ1v) is 9.16. The van der Waals surface area contributed by atoms with Crippen molar-refractivity contribution in [3.8, 4) is 0 Å². The van der Waals surface area contributed by atoms with Gasteiger partial charge in [-0.3, -0.25) is 4.79 Å². The fourth-order valence-corrected chi connectivity index (χ4v) is 3.29. The van der Waals surface area contributed by atoms with Crippen LogP contribution < -0.4 is 5.46 Å². The van der Waals surface area contributed by atoms with Gasteiger partial charge in [0, 0.05) is 18.6 Å². The largest absolute Gasteiger partial charge is 0.497 e. The number of hydrogen-bond acceptors (Lipinski definition) is 3. The molecule has 0 atom stereocenters. The quantitative estimate of drug-likeness (QED) is 0.756. The van der Waals surface area contributed by atoms with Crippen LogP contribution in [-0.4, -0.2) is 42.2 Å². The molecule has 3 rings (SSSR count). The predicted molar refractivity (Wildman–Crippen MR) is 96.4 cm³/mol. The minimum Gasteiger partial charge on any atom is -0.399 e. The van der Waals surface area contributed by atoms with Crippen LogP contribution in [0.1, 0.15) is 57.8 Å². The zero-order valence-corrected chi connectivity index (χ0v) is 16.1. The van der Waals surface area contributed by atoms with E-state index in [0.29, 0.717) is 19.0 Å². The van der Waals surface area contributed by atoms with E-state index in [9.17, 15) is 9.18 Å². The van der Waals surface area contributed by atoms with Gasteiger partial charge in [0.1, 0.15) is 17.2 Å². The molecule has 0 aliphatic carbocycles. The lowest BCUT2D eigenvalue weighted by atomic mass is 9.77. The van der Waals surface area contributed by atoms with Gasteiger partial charge in [-0.15, -0.1) is 0 Å². The molecular weight excluding hydrogens is 339 g/mol. The first-order valence-electron chi connectivity index (χ1n) is 9.16. The van der Waals surface area contributed by atoms with E-state index in [0.717, 1.165) is 18.9 Å². The molecule has 0 radical (unpaired) electrons. The predicted octanol–water partition coefficient (Wildman–Crippen LogP) is 3.14. The summed E-state index contributed by atoms with van der Waals surface area (Å²) in [6.07, 6.45) is 1.68. The van der Waals surface area contributed by atoms with Gasteiger partial charge < -0.3 is 14.2 Å². The van der Waals surface area contributed by atoms with Crippen molar-refractivity contribution >= 4 is 18.5 Å². The van der Waals surface area contributed by atoms with E-state index in [1.165, 1.54) is 11.0 Å². The molecule has 0 N–H and O–H groups in total. The minimum absolute atomic E-state index is 0.0544. The SMILES string of the molecule is CC1CCN(C(=O)c2c(F)ccc(B3OC(C)(C)C(C)(C)O3)c2F)CC1. The lowest BCUT2D eigenvalue weighted by molar-refractivity contribution is 0.00578. The van der Waals surface area contributed by atoms with E-state index >= 15 is 4.39 Å². The van der Waals surface area contributed by atoms with Gasteiger partial charge in [-0.05, 0) is 52.5 Å². The maximum atomic E-state index is 15.1. The lowest BCUT2D eigenvalue weighted by Gasteiger charge is -2.32. The Morgan fingerprint density at radius 2 is 1.65 bits per heavy atom. The van der Waals surface area contributed by atoms with E-state index in [1.807, 2.05) is 27.7 Å². The molecule has 1 aromatic rings. The number of hydrogen-bond donors (Lipinski definition) is 0. The van der Waals surface area contributed by atoms with Gasteiger partial charge in [0.25, 0.3) is 5.91 Å². The van der Waals surface area contributed by atoms with Gasteiger partial charge >= 0.3 is 7.12 Å².